The molecule has 0 bridgehead atoms. The number of nitrogens with one attached hydrogen (secondary N) is 4. The number of amides is 2. The smallest absolute Gasteiger partial charge is 0.353 e. The number of hydrogen-bond donors (Lipinski definition) is 3. The number of hydrogen-bond acceptors (Lipinski definition) is 4. The lowest BCUT2D eigenvalue weighted by atomic mass is 10.0. The fraction of sp³-hybridized carbons (Fsp3) is 0.115. The number of nitriles is 1. The average molecular weight is 507 g/mol. The fourth-order valence-electron chi connectivity index (χ4n) is 4.14. The van der Waals surface area contributed by atoms with Crippen molar-refractivity contribution in [1.29, 1.82) is 5.26 Å². The molecular formula is C26H19F3N5OS+. The summed E-state index contributed by atoms with van der Waals surface area (Å²) in [4.78, 5) is 16.8. The van der Waals surface area contributed by atoms with Gasteiger partial charge in [0.15, 0.2) is 6.20 Å². The number of halogens is 3. The largest absolute Gasteiger partial charge is 0.416 e. The number of urea groups is 1. The van der Waals surface area contributed by atoms with E-state index >= 15 is 0 Å². The third-order valence-electron chi connectivity index (χ3n) is 5.73. The number of fused-ring (bicyclic) bond motifs is 3. The van der Waals surface area contributed by atoms with Crippen LogP contribution in [0.1, 0.15) is 16.7 Å². The number of aromatic nitrogens is 1. The third-order valence-corrected chi connectivity index (χ3v) is 6.83. The van der Waals surface area contributed by atoms with E-state index < -0.39 is 17.8 Å². The van der Waals surface area contributed by atoms with Gasteiger partial charge < -0.3 is 16.0 Å². The molecule has 1 aliphatic heterocycles. The highest BCUT2D eigenvalue weighted by atomic mass is 32.2. The minimum atomic E-state index is -4.51. The molecule has 0 saturated heterocycles. The Balaban J connectivity index is 1.39. The fourth-order valence-corrected chi connectivity index (χ4v) is 5.21. The molecule has 180 valence electrons. The number of thioether (sulfide) groups is 1. The lowest BCUT2D eigenvalue weighted by Gasteiger charge is -2.14. The van der Waals surface area contributed by atoms with Gasteiger partial charge >= 0.3 is 12.2 Å². The average Bonchev–Trinajstić information content (AvgIpc) is 3.33. The van der Waals surface area contributed by atoms with E-state index in [2.05, 4.69) is 33.1 Å². The molecule has 0 fully saturated rings. The van der Waals surface area contributed by atoms with Gasteiger partial charge in [-0.15, -0.1) is 11.8 Å². The molecule has 2 heterocycles. The van der Waals surface area contributed by atoms with Gasteiger partial charge in [-0.3, -0.25) is 0 Å². The van der Waals surface area contributed by atoms with Crippen LogP contribution < -0.4 is 20.9 Å². The molecule has 2 amide bonds. The van der Waals surface area contributed by atoms with Crippen LogP contribution in [0.3, 0.4) is 0 Å². The highest BCUT2D eigenvalue weighted by Crippen LogP contribution is 2.40. The Morgan fingerprint density at radius 3 is 2.47 bits per heavy atom. The van der Waals surface area contributed by atoms with Crippen LogP contribution in [0.5, 0.6) is 0 Å². The predicted molar refractivity (Wildman–Crippen MR) is 133 cm³/mol. The summed E-state index contributed by atoms with van der Waals surface area (Å²) in [6.45, 7) is 0. The Labute approximate surface area is 208 Å². The zero-order valence-corrected chi connectivity index (χ0v) is 19.5. The Bertz CT molecular complexity index is 1530. The molecular weight excluding hydrogens is 487 g/mol. The van der Waals surface area contributed by atoms with Crippen molar-refractivity contribution in [1.82, 2.24) is 0 Å². The van der Waals surface area contributed by atoms with Crippen molar-refractivity contribution in [2.24, 2.45) is 0 Å². The number of alkyl halides is 3. The van der Waals surface area contributed by atoms with Crippen LogP contribution in [-0.4, -0.2) is 11.8 Å². The zero-order valence-electron chi connectivity index (χ0n) is 18.7. The molecule has 0 spiro atoms. The van der Waals surface area contributed by atoms with Crippen LogP contribution in [0.25, 0.3) is 10.9 Å². The number of rotatable bonds is 4. The zero-order chi connectivity index (χ0) is 25.3. The molecule has 0 saturated carbocycles. The van der Waals surface area contributed by atoms with Crippen molar-refractivity contribution in [2.45, 2.75) is 17.5 Å². The van der Waals surface area contributed by atoms with E-state index in [9.17, 15) is 23.2 Å². The number of benzene rings is 3. The molecule has 5 rings (SSSR count). The summed E-state index contributed by atoms with van der Waals surface area (Å²) in [5.74, 6) is 0.977. The maximum atomic E-state index is 12.9. The predicted octanol–water partition coefficient (Wildman–Crippen LogP) is 6.58. The van der Waals surface area contributed by atoms with Crippen molar-refractivity contribution < 1.29 is 22.9 Å². The van der Waals surface area contributed by atoms with Crippen LogP contribution >= 0.6 is 11.8 Å². The van der Waals surface area contributed by atoms with Gasteiger partial charge in [0.1, 0.15) is 11.6 Å². The SMILES string of the molecule is N#Cc1c[nH+]c2ccc3c(c2c1Nc1cccc(NC(=O)Nc2cccc(C(F)(F)F)c2)c1)CCS3. The van der Waals surface area contributed by atoms with Crippen molar-refractivity contribution in [2.75, 3.05) is 21.7 Å². The molecule has 0 radical (unpaired) electrons. The second-order valence-electron chi connectivity index (χ2n) is 8.12. The number of anilines is 4. The van der Waals surface area contributed by atoms with Gasteiger partial charge in [0, 0.05) is 33.8 Å². The van der Waals surface area contributed by atoms with E-state index in [0.29, 0.717) is 22.6 Å². The molecule has 10 heteroatoms. The molecule has 1 aliphatic rings. The topological polar surface area (TPSA) is 91.1 Å². The van der Waals surface area contributed by atoms with Gasteiger partial charge in [-0.25, -0.2) is 9.78 Å². The highest BCUT2D eigenvalue weighted by molar-refractivity contribution is 7.99. The summed E-state index contributed by atoms with van der Waals surface area (Å²) in [5.41, 5.74) is 3.46. The van der Waals surface area contributed by atoms with E-state index in [0.717, 1.165) is 35.2 Å². The van der Waals surface area contributed by atoms with Crippen LogP contribution in [-0.2, 0) is 12.6 Å². The van der Waals surface area contributed by atoms with Gasteiger partial charge in [-0.2, -0.15) is 18.4 Å². The lowest BCUT2D eigenvalue weighted by molar-refractivity contribution is -0.344. The van der Waals surface area contributed by atoms with E-state index in [1.807, 2.05) is 6.07 Å². The molecule has 4 aromatic rings. The highest BCUT2D eigenvalue weighted by Gasteiger charge is 2.30. The second-order valence-corrected chi connectivity index (χ2v) is 9.25. The first kappa shape index (κ1) is 23.5. The number of pyridine rings is 1. The van der Waals surface area contributed by atoms with E-state index in [-0.39, 0.29) is 5.69 Å². The number of carbonyl (C=O) groups excluding carboxylic acids is 1. The van der Waals surface area contributed by atoms with Crippen LogP contribution in [0.4, 0.5) is 40.7 Å². The molecule has 3 aromatic carbocycles. The lowest BCUT2D eigenvalue weighted by Crippen LogP contribution is -2.19. The standard InChI is InChI=1S/C26H18F3N5OS/c27-26(28,29)16-3-1-4-17(11-16)33-25(35)34-19-6-2-5-18(12-19)32-24-15(13-30)14-31-21-7-8-22-20(23(21)24)9-10-36-22/h1-8,11-12,14H,9-10H2,(H,31,32)(H2,33,34,35)/p+1. The number of aryl methyl sites for hydroxylation is 1. The summed E-state index contributed by atoms with van der Waals surface area (Å²) >= 11 is 1.78. The molecule has 0 unspecified atom stereocenters. The maximum Gasteiger partial charge on any atom is 0.416 e. The summed E-state index contributed by atoms with van der Waals surface area (Å²) in [5, 5.41) is 19.1. The Kier molecular flexibility index (Phi) is 6.16. The molecule has 6 nitrogen and oxygen atoms in total. The monoisotopic (exact) mass is 506 g/mol. The van der Waals surface area contributed by atoms with Gasteiger partial charge in [0.25, 0.3) is 0 Å². The van der Waals surface area contributed by atoms with Crippen molar-refractivity contribution in [3.05, 3.63) is 83.6 Å². The molecule has 0 aliphatic carbocycles. The minimum Gasteiger partial charge on any atom is -0.353 e. The van der Waals surface area contributed by atoms with Crippen LogP contribution in [0.2, 0.25) is 0 Å². The maximum absolute atomic E-state index is 12.9. The van der Waals surface area contributed by atoms with Crippen molar-refractivity contribution in [3.63, 3.8) is 0 Å². The van der Waals surface area contributed by atoms with Gasteiger partial charge in [-0.1, -0.05) is 12.1 Å². The molecule has 4 N–H and O–H groups in total. The van der Waals surface area contributed by atoms with Gasteiger partial charge in [-0.05, 0) is 54.4 Å². The van der Waals surface area contributed by atoms with Gasteiger partial charge in [0.2, 0.25) is 5.52 Å². The van der Waals surface area contributed by atoms with Crippen molar-refractivity contribution in [3.8, 4) is 6.07 Å². The Hall–Kier alpha value is -4.23. The quantitative estimate of drug-likeness (QED) is 0.292. The number of carbonyl (C=O) groups is 1. The van der Waals surface area contributed by atoms with Crippen molar-refractivity contribution >= 4 is 51.4 Å². The van der Waals surface area contributed by atoms with E-state index in [1.54, 1.807) is 42.2 Å². The van der Waals surface area contributed by atoms with E-state index in [1.165, 1.54) is 22.6 Å². The summed E-state index contributed by atoms with van der Waals surface area (Å²) in [7, 11) is 0. The molecule has 1 aromatic heterocycles. The second kappa shape index (κ2) is 9.43. The minimum absolute atomic E-state index is 0.0222. The first-order valence-corrected chi connectivity index (χ1v) is 12.0. The van der Waals surface area contributed by atoms with E-state index in [4.69, 9.17) is 0 Å². The van der Waals surface area contributed by atoms with Crippen LogP contribution in [0.15, 0.2) is 71.8 Å². The first-order valence-electron chi connectivity index (χ1n) is 11.0. The third kappa shape index (κ3) is 4.78. The Morgan fingerprint density at radius 1 is 1.00 bits per heavy atom. The van der Waals surface area contributed by atoms with Crippen LogP contribution in [0, 0.1) is 11.3 Å². The molecule has 36 heavy (non-hydrogen) atoms. The summed E-state index contributed by atoms with van der Waals surface area (Å²) in [6, 6.07) is 16.9. The first-order chi connectivity index (χ1) is 17.3. The Morgan fingerprint density at radius 2 is 1.72 bits per heavy atom. The summed E-state index contributed by atoms with van der Waals surface area (Å²) < 4.78 is 38.8. The number of H-pyrrole nitrogens is 1. The number of nitrogens with zero attached hydrogens (tertiary/aromatic N) is 1. The number of aromatic amines is 1. The van der Waals surface area contributed by atoms with Gasteiger partial charge in [0.05, 0.1) is 16.6 Å². The normalized spacial score (nSPS) is 12.6. The molecule has 0 atom stereocenters. The summed E-state index contributed by atoms with van der Waals surface area (Å²) in [6.07, 6.45) is -1.95.